The zero-order valence-corrected chi connectivity index (χ0v) is 16.8. The van der Waals surface area contributed by atoms with Crippen molar-refractivity contribution in [1.82, 2.24) is 4.57 Å². The highest BCUT2D eigenvalue weighted by atomic mass is 16.5. The number of rotatable bonds is 7. The Balaban J connectivity index is 2.09. The van der Waals surface area contributed by atoms with E-state index in [0.717, 1.165) is 10.9 Å². The molecule has 1 amide bonds. The van der Waals surface area contributed by atoms with Gasteiger partial charge in [-0.2, -0.15) is 0 Å². The highest BCUT2D eigenvalue weighted by molar-refractivity contribution is 6.45. The molecule has 0 aliphatic carbocycles. The van der Waals surface area contributed by atoms with E-state index in [2.05, 4.69) is 0 Å². The van der Waals surface area contributed by atoms with E-state index in [1.165, 1.54) is 0 Å². The highest BCUT2D eigenvalue weighted by Gasteiger charge is 2.27. The molecule has 0 atom stereocenters. The van der Waals surface area contributed by atoms with Crippen LogP contribution in [0.25, 0.3) is 21.7 Å². The van der Waals surface area contributed by atoms with Crippen molar-refractivity contribution in [2.75, 3.05) is 6.61 Å². The van der Waals surface area contributed by atoms with E-state index in [0.29, 0.717) is 28.5 Å². The van der Waals surface area contributed by atoms with Gasteiger partial charge in [0.25, 0.3) is 11.7 Å². The van der Waals surface area contributed by atoms with Gasteiger partial charge in [0.15, 0.2) is 6.61 Å². The zero-order valence-electron chi connectivity index (χ0n) is 16.8. The molecule has 3 N–H and O–H groups in total. The maximum Gasteiger partial charge on any atom is 0.341 e. The SMILES string of the molecule is Cc1c(C(=O)C(N)=O)c2c(OCC(=O)O)c3ccccc3cc2n1Cc1ccccc1. The molecule has 0 fully saturated rings. The van der Waals surface area contributed by atoms with Crippen LogP contribution in [0.3, 0.4) is 0 Å². The summed E-state index contributed by atoms with van der Waals surface area (Å²) >= 11 is 0. The summed E-state index contributed by atoms with van der Waals surface area (Å²) in [6.45, 7) is 1.60. The number of nitrogens with two attached hydrogens (primary N) is 1. The molecule has 4 aromatic rings. The minimum absolute atomic E-state index is 0.129. The molecule has 0 spiro atoms. The second-order valence-corrected chi connectivity index (χ2v) is 7.23. The molecular formula is C24H20N2O5. The second kappa shape index (κ2) is 7.95. The maximum atomic E-state index is 12.8. The molecule has 7 nitrogen and oxygen atoms in total. The summed E-state index contributed by atoms with van der Waals surface area (Å²) in [6.07, 6.45) is 0. The Bertz CT molecular complexity index is 1340. The first-order chi connectivity index (χ1) is 14.9. The second-order valence-electron chi connectivity index (χ2n) is 7.23. The van der Waals surface area contributed by atoms with Crippen molar-refractivity contribution in [1.29, 1.82) is 0 Å². The number of aliphatic carboxylic acids is 1. The first-order valence-corrected chi connectivity index (χ1v) is 9.65. The summed E-state index contributed by atoms with van der Waals surface area (Å²) in [7, 11) is 0. The number of amides is 1. The number of carboxylic acids is 1. The Morgan fingerprint density at radius 1 is 1.03 bits per heavy atom. The van der Waals surface area contributed by atoms with Crippen LogP contribution < -0.4 is 10.5 Å². The van der Waals surface area contributed by atoms with Gasteiger partial charge in [-0.05, 0) is 23.9 Å². The van der Waals surface area contributed by atoms with E-state index in [-0.39, 0.29) is 11.3 Å². The van der Waals surface area contributed by atoms with Crippen molar-refractivity contribution < 1.29 is 24.2 Å². The third-order valence-electron chi connectivity index (χ3n) is 5.26. The van der Waals surface area contributed by atoms with Crippen LogP contribution in [0.5, 0.6) is 5.75 Å². The van der Waals surface area contributed by atoms with Gasteiger partial charge in [-0.25, -0.2) is 4.79 Å². The van der Waals surface area contributed by atoms with Gasteiger partial charge < -0.3 is 20.1 Å². The largest absolute Gasteiger partial charge is 0.481 e. The van der Waals surface area contributed by atoms with E-state index in [1.807, 2.05) is 53.1 Å². The van der Waals surface area contributed by atoms with Crippen molar-refractivity contribution in [3.8, 4) is 5.75 Å². The number of primary amides is 1. The number of fused-ring (bicyclic) bond motifs is 2. The molecule has 0 radical (unpaired) electrons. The van der Waals surface area contributed by atoms with E-state index < -0.39 is 24.3 Å². The molecule has 0 saturated heterocycles. The van der Waals surface area contributed by atoms with Crippen LogP contribution in [-0.4, -0.2) is 33.9 Å². The number of benzene rings is 3. The van der Waals surface area contributed by atoms with E-state index in [4.69, 9.17) is 15.6 Å². The van der Waals surface area contributed by atoms with E-state index in [9.17, 15) is 14.4 Å². The third kappa shape index (κ3) is 3.61. The van der Waals surface area contributed by atoms with Gasteiger partial charge in [-0.1, -0.05) is 54.6 Å². The predicted octanol–water partition coefficient (Wildman–Crippen LogP) is 3.28. The van der Waals surface area contributed by atoms with Crippen LogP contribution in [0.4, 0.5) is 0 Å². The lowest BCUT2D eigenvalue weighted by Crippen LogP contribution is -2.24. The Hall–Kier alpha value is -4.13. The fourth-order valence-corrected chi connectivity index (χ4v) is 3.91. The quantitative estimate of drug-likeness (QED) is 0.355. The van der Waals surface area contributed by atoms with E-state index in [1.54, 1.807) is 19.1 Å². The van der Waals surface area contributed by atoms with Crippen molar-refractivity contribution in [3.63, 3.8) is 0 Å². The lowest BCUT2D eigenvalue weighted by molar-refractivity contribution is -0.139. The Morgan fingerprint density at radius 2 is 1.71 bits per heavy atom. The average Bonchev–Trinajstić information content (AvgIpc) is 3.02. The Kier molecular flexibility index (Phi) is 5.17. The molecule has 0 aliphatic rings. The molecule has 7 heteroatoms. The number of Topliss-reactive ketones (excluding diaryl/α,β-unsaturated/α-hetero) is 1. The number of aromatic nitrogens is 1. The molecule has 4 rings (SSSR count). The summed E-state index contributed by atoms with van der Waals surface area (Å²) in [5, 5.41) is 11.0. The lowest BCUT2D eigenvalue weighted by Gasteiger charge is -2.12. The minimum atomic E-state index is -1.15. The van der Waals surface area contributed by atoms with Crippen molar-refractivity contribution in [2.24, 2.45) is 5.73 Å². The average molecular weight is 416 g/mol. The topological polar surface area (TPSA) is 112 Å². The number of carbonyl (C=O) groups is 3. The number of carboxylic acid groups (broad SMARTS) is 1. The molecule has 0 bridgehead atoms. The fraction of sp³-hybridized carbons (Fsp3) is 0.125. The molecule has 31 heavy (non-hydrogen) atoms. The first kappa shape index (κ1) is 20.2. The molecule has 156 valence electrons. The summed E-state index contributed by atoms with van der Waals surface area (Å²) in [5.74, 6) is -2.83. The number of ketones is 1. The first-order valence-electron chi connectivity index (χ1n) is 9.65. The van der Waals surface area contributed by atoms with Crippen LogP contribution >= 0.6 is 0 Å². The molecule has 0 saturated carbocycles. The number of ether oxygens (including phenoxy) is 1. The van der Waals surface area contributed by atoms with Gasteiger partial charge in [-0.15, -0.1) is 0 Å². The van der Waals surface area contributed by atoms with Crippen LogP contribution in [0.15, 0.2) is 60.7 Å². The monoisotopic (exact) mass is 416 g/mol. The third-order valence-corrected chi connectivity index (χ3v) is 5.26. The normalized spacial score (nSPS) is 11.0. The molecule has 0 unspecified atom stereocenters. The van der Waals surface area contributed by atoms with Crippen LogP contribution in [0.2, 0.25) is 0 Å². The fourth-order valence-electron chi connectivity index (χ4n) is 3.91. The van der Waals surface area contributed by atoms with Crippen LogP contribution in [0, 0.1) is 6.92 Å². The molecule has 3 aromatic carbocycles. The molecule has 1 heterocycles. The predicted molar refractivity (Wildman–Crippen MR) is 116 cm³/mol. The summed E-state index contributed by atoms with van der Waals surface area (Å²) in [4.78, 5) is 35.9. The van der Waals surface area contributed by atoms with Gasteiger partial charge in [-0.3, -0.25) is 9.59 Å². The molecule has 1 aromatic heterocycles. The van der Waals surface area contributed by atoms with Crippen molar-refractivity contribution >= 4 is 39.3 Å². The van der Waals surface area contributed by atoms with E-state index >= 15 is 0 Å². The Morgan fingerprint density at radius 3 is 2.39 bits per heavy atom. The smallest absolute Gasteiger partial charge is 0.341 e. The van der Waals surface area contributed by atoms with Gasteiger partial charge in [0.2, 0.25) is 0 Å². The number of nitrogens with zero attached hydrogens (tertiary/aromatic N) is 1. The highest BCUT2D eigenvalue weighted by Crippen LogP contribution is 2.40. The molecular weight excluding hydrogens is 396 g/mol. The van der Waals surface area contributed by atoms with Gasteiger partial charge in [0, 0.05) is 17.6 Å². The minimum Gasteiger partial charge on any atom is -0.481 e. The number of hydrogen-bond donors (Lipinski definition) is 2. The Labute approximate surface area is 177 Å². The summed E-state index contributed by atoms with van der Waals surface area (Å²) in [6, 6.07) is 18.9. The van der Waals surface area contributed by atoms with Crippen LogP contribution in [0.1, 0.15) is 21.6 Å². The van der Waals surface area contributed by atoms with Crippen molar-refractivity contribution in [3.05, 3.63) is 77.5 Å². The number of carbonyl (C=O) groups excluding carboxylic acids is 2. The van der Waals surface area contributed by atoms with Crippen molar-refractivity contribution in [2.45, 2.75) is 13.5 Å². The summed E-state index contributed by atoms with van der Waals surface area (Å²) < 4.78 is 7.58. The standard InChI is InChI=1S/C24H20N2O5/c1-14-20(22(29)24(25)30)21-18(26(14)12-15-7-3-2-4-8-15)11-16-9-5-6-10-17(16)23(21)31-13-19(27)28/h2-11H,12-13H2,1H3,(H2,25,30)(H,27,28). The van der Waals surface area contributed by atoms with Gasteiger partial charge in [0.1, 0.15) is 5.75 Å². The van der Waals surface area contributed by atoms with Gasteiger partial charge >= 0.3 is 5.97 Å². The lowest BCUT2D eigenvalue weighted by atomic mass is 10.0. The maximum absolute atomic E-state index is 12.8. The van der Waals surface area contributed by atoms with Crippen LogP contribution in [-0.2, 0) is 16.1 Å². The summed E-state index contributed by atoms with van der Waals surface area (Å²) in [5.41, 5.74) is 7.68. The zero-order chi connectivity index (χ0) is 22.1. The number of hydrogen-bond acceptors (Lipinski definition) is 4. The van der Waals surface area contributed by atoms with Gasteiger partial charge in [0.05, 0.1) is 16.5 Å². The molecule has 0 aliphatic heterocycles.